The van der Waals surface area contributed by atoms with Crippen molar-refractivity contribution in [2.45, 2.75) is 38.7 Å². The van der Waals surface area contributed by atoms with E-state index in [0.29, 0.717) is 25.6 Å². The number of amides is 1. The van der Waals surface area contributed by atoms with Gasteiger partial charge < -0.3 is 14.4 Å². The zero-order valence-electron chi connectivity index (χ0n) is 12.7. The number of esters is 1. The number of aromatic nitrogens is 2. The van der Waals surface area contributed by atoms with E-state index in [0.717, 1.165) is 12.8 Å². The molecule has 22 heavy (non-hydrogen) atoms. The highest BCUT2D eigenvalue weighted by atomic mass is 16.5. The lowest BCUT2D eigenvalue weighted by molar-refractivity contribution is -0.146. The van der Waals surface area contributed by atoms with Crippen molar-refractivity contribution < 1.29 is 19.1 Å². The summed E-state index contributed by atoms with van der Waals surface area (Å²) in [6.07, 6.45) is 3.54. The van der Waals surface area contributed by atoms with Crippen molar-refractivity contribution in [2.75, 3.05) is 19.7 Å². The number of likely N-dealkylation sites (tertiary alicyclic amines) is 1. The smallest absolute Gasteiger partial charge is 0.306 e. The van der Waals surface area contributed by atoms with Gasteiger partial charge in [-0.3, -0.25) is 9.59 Å². The van der Waals surface area contributed by atoms with Crippen LogP contribution in [0.5, 0.6) is 5.88 Å². The summed E-state index contributed by atoms with van der Waals surface area (Å²) in [7, 11) is 0. The highest BCUT2D eigenvalue weighted by Crippen LogP contribution is 2.17. The molecule has 1 fully saturated rings. The van der Waals surface area contributed by atoms with Gasteiger partial charge in [0.15, 0.2) is 0 Å². The van der Waals surface area contributed by atoms with Crippen LogP contribution in [0.3, 0.4) is 0 Å². The fourth-order valence-corrected chi connectivity index (χ4v) is 2.38. The van der Waals surface area contributed by atoms with E-state index in [-0.39, 0.29) is 30.8 Å². The van der Waals surface area contributed by atoms with Crippen LogP contribution in [0.15, 0.2) is 18.3 Å². The molecule has 0 spiro atoms. The zero-order chi connectivity index (χ0) is 15.8. The van der Waals surface area contributed by atoms with Gasteiger partial charge in [0.1, 0.15) is 6.10 Å². The maximum Gasteiger partial charge on any atom is 0.306 e. The fraction of sp³-hybridized carbons (Fsp3) is 0.600. The Labute approximate surface area is 129 Å². The average molecular weight is 307 g/mol. The number of rotatable bonds is 6. The summed E-state index contributed by atoms with van der Waals surface area (Å²) in [5, 5.41) is 7.65. The van der Waals surface area contributed by atoms with E-state index >= 15 is 0 Å². The molecule has 7 heteroatoms. The summed E-state index contributed by atoms with van der Waals surface area (Å²) in [4.78, 5) is 25.2. The Kier molecular flexibility index (Phi) is 6.12. The second-order valence-electron chi connectivity index (χ2n) is 5.09. The number of carbonyl (C=O) groups is 2. The number of hydrogen-bond donors (Lipinski definition) is 0. The monoisotopic (exact) mass is 307 g/mol. The third-order valence-corrected chi connectivity index (χ3v) is 3.41. The predicted octanol–water partition coefficient (Wildman–Crippen LogP) is 1.19. The number of piperidine rings is 1. The second kappa shape index (κ2) is 8.31. The first-order valence-corrected chi connectivity index (χ1v) is 7.56. The molecule has 1 aliphatic heterocycles. The van der Waals surface area contributed by atoms with E-state index in [2.05, 4.69) is 10.2 Å². The molecular weight excluding hydrogens is 286 g/mol. The minimum absolute atomic E-state index is 0.0412. The molecule has 0 aliphatic carbocycles. The number of carbonyl (C=O) groups excluding carboxylic acids is 2. The topological polar surface area (TPSA) is 81.6 Å². The van der Waals surface area contributed by atoms with Gasteiger partial charge in [0.05, 0.1) is 19.6 Å². The maximum absolute atomic E-state index is 12.1. The molecule has 0 radical (unpaired) electrons. The summed E-state index contributed by atoms with van der Waals surface area (Å²) < 4.78 is 10.6. The van der Waals surface area contributed by atoms with Crippen LogP contribution in [0.2, 0.25) is 0 Å². The van der Waals surface area contributed by atoms with Crippen molar-refractivity contribution in [3.8, 4) is 5.88 Å². The lowest BCUT2D eigenvalue weighted by atomic mass is 10.1. The molecule has 120 valence electrons. The van der Waals surface area contributed by atoms with Crippen LogP contribution in [0.4, 0.5) is 0 Å². The molecule has 1 amide bonds. The molecule has 1 unspecified atom stereocenters. The van der Waals surface area contributed by atoms with Gasteiger partial charge in [-0.1, -0.05) is 0 Å². The van der Waals surface area contributed by atoms with Crippen molar-refractivity contribution in [1.82, 2.24) is 15.1 Å². The van der Waals surface area contributed by atoms with Crippen LogP contribution in [0.1, 0.15) is 32.6 Å². The average Bonchev–Trinajstić information content (AvgIpc) is 2.54. The molecular formula is C15H21N3O4. The largest absolute Gasteiger partial charge is 0.471 e. The van der Waals surface area contributed by atoms with Crippen molar-refractivity contribution >= 4 is 11.9 Å². The van der Waals surface area contributed by atoms with Gasteiger partial charge >= 0.3 is 5.97 Å². The van der Waals surface area contributed by atoms with Gasteiger partial charge in [-0.25, -0.2) is 0 Å². The van der Waals surface area contributed by atoms with E-state index in [4.69, 9.17) is 9.47 Å². The summed E-state index contributed by atoms with van der Waals surface area (Å²) in [5.41, 5.74) is 0. The second-order valence-corrected chi connectivity index (χ2v) is 5.09. The lowest BCUT2D eigenvalue weighted by Crippen LogP contribution is -2.44. The zero-order valence-corrected chi connectivity index (χ0v) is 12.7. The Morgan fingerprint density at radius 2 is 2.27 bits per heavy atom. The van der Waals surface area contributed by atoms with E-state index in [1.54, 1.807) is 30.2 Å². The number of hydrogen-bond acceptors (Lipinski definition) is 6. The van der Waals surface area contributed by atoms with E-state index in [1.165, 1.54) is 0 Å². The quantitative estimate of drug-likeness (QED) is 0.734. The van der Waals surface area contributed by atoms with Crippen molar-refractivity contribution in [2.24, 2.45) is 0 Å². The lowest BCUT2D eigenvalue weighted by Gasteiger charge is -2.32. The molecule has 1 aromatic rings. The molecule has 0 bridgehead atoms. The third kappa shape index (κ3) is 4.98. The van der Waals surface area contributed by atoms with Crippen LogP contribution in [0, 0.1) is 0 Å². The predicted molar refractivity (Wildman–Crippen MR) is 78.1 cm³/mol. The molecule has 1 atom stereocenters. The highest BCUT2D eigenvalue weighted by molar-refractivity contribution is 5.81. The van der Waals surface area contributed by atoms with E-state index in [1.807, 2.05) is 0 Å². The van der Waals surface area contributed by atoms with E-state index < -0.39 is 0 Å². The molecule has 1 aliphatic rings. The molecule has 2 heterocycles. The Balaban J connectivity index is 1.79. The Bertz CT molecular complexity index is 495. The highest BCUT2D eigenvalue weighted by Gasteiger charge is 2.25. The molecule has 2 rings (SSSR count). The first-order chi connectivity index (χ1) is 10.7. The minimum Gasteiger partial charge on any atom is -0.471 e. The van der Waals surface area contributed by atoms with Gasteiger partial charge in [0, 0.05) is 25.2 Å². The SMILES string of the molecule is CCOC(=O)CCC(=O)N1CCCC(Oc2cccnn2)C1. The van der Waals surface area contributed by atoms with Crippen LogP contribution in [0.25, 0.3) is 0 Å². The fourth-order valence-electron chi connectivity index (χ4n) is 2.38. The number of ether oxygens (including phenoxy) is 2. The molecule has 1 aromatic heterocycles. The molecule has 0 saturated carbocycles. The first-order valence-electron chi connectivity index (χ1n) is 7.56. The molecule has 0 aromatic carbocycles. The van der Waals surface area contributed by atoms with Gasteiger partial charge in [-0.2, -0.15) is 5.10 Å². The number of nitrogens with zero attached hydrogens (tertiary/aromatic N) is 3. The Hall–Kier alpha value is -2.18. The van der Waals surface area contributed by atoms with Crippen molar-refractivity contribution in [3.63, 3.8) is 0 Å². The Morgan fingerprint density at radius 1 is 1.41 bits per heavy atom. The minimum atomic E-state index is -0.333. The normalized spacial score (nSPS) is 17.9. The molecule has 7 nitrogen and oxygen atoms in total. The van der Waals surface area contributed by atoms with E-state index in [9.17, 15) is 9.59 Å². The van der Waals surface area contributed by atoms with Crippen LogP contribution in [-0.2, 0) is 14.3 Å². The summed E-state index contributed by atoms with van der Waals surface area (Å²) >= 11 is 0. The van der Waals surface area contributed by atoms with Crippen LogP contribution < -0.4 is 4.74 Å². The van der Waals surface area contributed by atoms with Gasteiger partial charge in [0.2, 0.25) is 11.8 Å². The van der Waals surface area contributed by atoms with Crippen LogP contribution >= 0.6 is 0 Å². The first kappa shape index (κ1) is 16.2. The summed E-state index contributed by atoms with van der Waals surface area (Å²) in [5.74, 6) is 0.0917. The molecule has 0 N–H and O–H groups in total. The van der Waals surface area contributed by atoms with Gasteiger partial charge in [-0.05, 0) is 25.8 Å². The summed E-state index contributed by atoms with van der Waals surface area (Å²) in [6.45, 7) is 3.30. The van der Waals surface area contributed by atoms with Gasteiger partial charge in [-0.15, -0.1) is 5.10 Å². The van der Waals surface area contributed by atoms with Crippen LogP contribution in [-0.4, -0.2) is 52.8 Å². The maximum atomic E-state index is 12.1. The van der Waals surface area contributed by atoms with Crippen molar-refractivity contribution in [3.05, 3.63) is 18.3 Å². The molecule has 1 saturated heterocycles. The standard InChI is InChI=1S/C15H21N3O4/c1-2-21-15(20)8-7-14(19)18-10-4-5-12(11-18)22-13-6-3-9-16-17-13/h3,6,9,12H,2,4-5,7-8,10-11H2,1H3. The van der Waals surface area contributed by atoms with Gasteiger partial charge in [0.25, 0.3) is 0 Å². The summed E-state index contributed by atoms with van der Waals surface area (Å²) in [6, 6.07) is 3.50. The van der Waals surface area contributed by atoms with Crippen molar-refractivity contribution in [1.29, 1.82) is 0 Å². The Morgan fingerprint density at radius 3 is 3.00 bits per heavy atom. The third-order valence-electron chi connectivity index (χ3n) is 3.41.